The van der Waals surface area contributed by atoms with Crippen molar-refractivity contribution in [2.45, 2.75) is 26.7 Å². The maximum atomic E-state index is 11.8. The van der Waals surface area contributed by atoms with E-state index < -0.39 is 5.97 Å². The average molecular weight is 267 g/mol. The second-order valence-electron chi connectivity index (χ2n) is 3.66. The van der Waals surface area contributed by atoms with Crippen molar-refractivity contribution in [3.8, 4) is 6.07 Å². The fourth-order valence-electron chi connectivity index (χ4n) is 1.44. The number of nitrogens with one attached hydrogen (secondary N) is 1. The number of carbonyl (C=O) groups is 1. The second-order valence-corrected chi connectivity index (χ2v) is 4.68. The number of hydrogen-bond donors (Lipinski definition) is 2. The smallest absolute Gasteiger partial charge is 0.343 e. The summed E-state index contributed by atoms with van der Waals surface area (Å²) in [7, 11) is 0. The van der Waals surface area contributed by atoms with Crippen LogP contribution in [0.3, 0.4) is 0 Å². The first-order valence-corrected chi connectivity index (χ1v) is 6.70. The van der Waals surface area contributed by atoms with Crippen molar-refractivity contribution in [3.05, 3.63) is 10.4 Å². The molecule has 1 aromatic heterocycles. The lowest BCUT2D eigenvalue weighted by molar-refractivity contribution is 0.0529. The highest BCUT2D eigenvalue weighted by molar-refractivity contribution is 7.17. The van der Waals surface area contributed by atoms with Crippen LogP contribution < -0.4 is 11.1 Å². The number of esters is 1. The summed E-state index contributed by atoms with van der Waals surface area (Å²) in [6.45, 7) is 4.84. The van der Waals surface area contributed by atoms with Crippen molar-refractivity contribution in [2.24, 2.45) is 0 Å². The molecule has 0 fully saturated rings. The summed E-state index contributed by atoms with van der Waals surface area (Å²) < 4.78 is 4.95. The molecule has 0 saturated carbocycles. The number of rotatable bonds is 6. The Labute approximate surface area is 111 Å². The number of ether oxygens (including phenoxy) is 1. The van der Waals surface area contributed by atoms with Gasteiger partial charge in [-0.25, -0.2) is 4.79 Å². The Morgan fingerprint density at radius 3 is 2.83 bits per heavy atom. The van der Waals surface area contributed by atoms with Gasteiger partial charge >= 0.3 is 5.97 Å². The highest BCUT2D eigenvalue weighted by Crippen LogP contribution is 2.35. The molecule has 1 aromatic rings. The molecule has 6 heteroatoms. The lowest BCUT2D eigenvalue weighted by Gasteiger charge is -2.06. The van der Waals surface area contributed by atoms with E-state index in [1.807, 2.05) is 6.07 Å². The number of nitriles is 1. The fourth-order valence-corrected chi connectivity index (χ4v) is 2.37. The van der Waals surface area contributed by atoms with Gasteiger partial charge in [-0.15, -0.1) is 11.3 Å². The quantitative estimate of drug-likeness (QED) is 0.611. The normalized spacial score (nSPS) is 9.83. The zero-order chi connectivity index (χ0) is 13.5. The van der Waals surface area contributed by atoms with Gasteiger partial charge in [-0.1, -0.05) is 13.3 Å². The predicted molar refractivity (Wildman–Crippen MR) is 72.8 cm³/mol. The summed E-state index contributed by atoms with van der Waals surface area (Å²) in [6.07, 6.45) is 2.04. The zero-order valence-electron chi connectivity index (χ0n) is 10.6. The van der Waals surface area contributed by atoms with Crippen molar-refractivity contribution in [2.75, 3.05) is 24.2 Å². The standard InChI is InChI=1S/C12H17N3O2S/c1-3-5-6-15-11-9(12(16)17-4-2)10(14)8(7-13)18-11/h15H,3-6,14H2,1-2H3. The molecule has 0 aliphatic carbocycles. The molecule has 0 bridgehead atoms. The van der Waals surface area contributed by atoms with Crippen LogP contribution in [-0.4, -0.2) is 19.1 Å². The first-order chi connectivity index (χ1) is 8.65. The Bertz CT molecular complexity index is 463. The largest absolute Gasteiger partial charge is 0.462 e. The molecular weight excluding hydrogens is 250 g/mol. The Morgan fingerprint density at radius 2 is 2.28 bits per heavy atom. The SMILES string of the molecule is CCCCNc1sc(C#N)c(N)c1C(=O)OCC. The van der Waals surface area contributed by atoms with Gasteiger partial charge in [0.2, 0.25) is 0 Å². The summed E-state index contributed by atoms with van der Waals surface area (Å²) in [5, 5.41) is 12.7. The number of anilines is 2. The lowest BCUT2D eigenvalue weighted by atomic mass is 10.2. The van der Waals surface area contributed by atoms with E-state index in [2.05, 4.69) is 12.2 Å². The number of unbranched alkanes of at least 4 members (excludes halogenated alkanes) is 1. The number of hydrogen-bond acceptors (Lipinski definition) is 6. The molecule has 3 N–H and O–H groups in total. The average Bonchev–Trinajstić information content (AvgIpc) is 2.66. The van der Waals surface area contributed by atoms with Gasteiger partial charge in [0.25, 0.3) is 0 Å². The topological polar surface area (TPSA) is 88.1 Å². The van der Waals surface area contributed by atoms with E-state index in [1.54, 1.807) is 6.92 Å². The molecule has 0 amide bonds. The molecular formula is C12H17N3O2S. The van der Waals surface area contributed by atoms with E-state index in [0.29, 0.717) is 9.88 Å². The molecule has 18 heavy (non-hydrogen) atoms. The van der Waals surface area contributed by atoms with Crippen LogP contribution in [0, 0.1) is 11.3 Å². The Morgan fingerprint density at radius 1 is 1.56 bits per heavy atom. The van der Waals surface area contributed by atoms with Crippen molar-refractivity contribution in [1.82, 2.24) is 0 Å². The predicted octanol–water partition coefficient (Wildman–Crippen LogP) is 2.59. The molecule has 0 atom stereocenters. The van der Waals surface area contributed by atoms with Crippen LogP contribution in [0.1, 0.15) is 41.9 Å². The minimum Gasteiger partial charge on any atom is -0.462 e. The van der Waals surface area contributed by atoms with Crippen LogP contribution in [0.15, 0.2) is 0 Å². The first-order valence-electron chi connectivity index (χ1n) is 5.89. The summed E-state index contributed by atoms with van der Waals surface area (Å²) >= 11 is 1.19. The van der Waals surface area contributed by atoms with Gasteiger partial charge in [0.1, 0.15) is 21.5 Å². The van der Waals surface area contributed by atoms with Gasteiger partial charge in [-0.2, -0.15) is 5.26 Å². The molecule has 1 rings (SSSR count). The van der Waals surface area contributed by atoms with Gasteiger partial charge in [-0.3, -0.25) is 0 Å². The van der Waals surface area contributed by atoms with Crippen LogP contribution in [0.25, 0.3) is 0 Å². The molecule has 0 aliphatic rings. The summed E-state index contributed by atoms with van der Waals surface area (Å²) in [5.74, 6) is -0.480. The van der Waals surface area contributed by atoms with Gasteiger partial charge < -0.3 is 15.8 Å². The first kappa shape index (κ1) is 14.3. The molecule has 0 spiro atoms. The third kappa shape index (κ3) is 3.14. The molecule has 0 aromatic carbocycles. The van der Waals surface area contributed by atoms with Gasteiger partial charge in [0.05, 0.1) is 12.3 Å². The highest BCUT2D eigenvalue weighted by Gasteiger charge is 2.22. The maximum absolute atomic E-state index is 11.8. The summed E-state index contributed by atoms with van der Waals surface area (Å²) in [5.41, 5.74) is 6.29. The maximum Gasteiger partial charge on any atom is 0.343 e. The van der Waals surface area contributed by atoms with Gasteiger partial charge in [0.15, 0.2) is 0 Å². The third-order valence-corrected chi connectivity index (χ3v) is 3.41. The molecule has 0 aliphatic heterocycles. The Balaban J connectivity index is 3.00. The molecule has 98 valence electrons. The van der Waals surface area contributed by atoms with Crippen LogP contribution in [-0.2, 0) is 4.74 Å². The van der Waals surface area contributed by atoms with Gasteiger partial charge in [-0.05, 0) is 13.3 Å². The van der Waals surface area contributed by atoms with Crippen LogP contribution in [0.4, 0.5) is 10.7 Å². The van der Waals surface area contributed by atoms with Crippen molar-refractivity contribution < 1.29 is 9.53 Å². The van der Waals surface area contributed by atoms with Crippen molar-refractivity contribution >= 4 is 28.0 Å². The van der Waals surface area contributed by atoms with Crippen LogP contribution in [0.5, 0.6) is 0 Å². The number of carbonyl (C=O) groups excluding carboxylic acids is 1. The van der Waals surface area contributed by atoms with E-state index in [0.717, 1.165) is 19.4 Å². The minimum absolute atomic E-state index is 0.208. The monoisotopic (exact) mass is 267 g/mol. The summed E-state index contributed by atoms with van der Waals surface area (Å²) in [4.78, 5) is 12.1. The fraction of sp³-hybridized carbons (Fsp3) is 0.500. The number of nitrogen functional groups attached to an aromatic ring is 1. The molecule has 0 radical (unpaired) electrons. The van der Waals surface area contributed by atoms with E-state index >= 15 is 0 Å². The number of nitrogens with two attached hydrogens (primary N) is 1. The molecule has 1 heterocycles. The van der Waals surface area contributed by atoms with E-state index in [9.17, 15) is 4.79 Å². The summed E-state index contributed by atoms with van der Waals surface area (Å²) in [6, 6.07) is 1.99. The Kier molecular flexibility index (Phi) is 5.46. The molecule has 0 unspecified atom stereocenters. The van der Waals surface area contributed by atoms with E-state index in [4.69, 9.17) is 15.7 Å². The highest BCUT2D eigenvalue weighted by atomic mass is 32.1. The van der Waals surface area contributed by atoms with Crippen LogP contribution in [0.2, 0.25) is 0 Å². The zero-order valence-corrected chi connectivity index (χ0v) is 11.4. The number of thiophene rings is 1. The third-order valence-electron chi connectivity index (χ3n) is 2.34. The van der Waals surface area contributed by atoms with E-state index in [-0.39, 0.29) is 17.9 Å². The minimum atomic E-state index is -0.480. The molecule has 0 saturated heterocycles. The Hall–Kier alpha value is -1.74. The second kappa shape index (κ2) is 6.87. The lowest BCUT2D eigenvalue weighted by Crippen LogP contribution is -2.10. The van der Waals surface area contributed by atoms with Crippen molar-refractivity contribution in [1.29, 1.82) is 5.26 Å². The van der Waals surface area contributed by atoms with E-state index in [1.165, 1.54) is 11.3 Å². The van der Waals surface area contributed by atoms with Gasteiger partial charge in [0, 0.05) is 6.54 Å². The van der Waals surface area contributed by atoms with Crippen molar-refractivity contribution in [3.63, 3.8) is 0 Å². The molecule has 5 nitrogen and oxygen atoms in total. The van der Waals surface area contributed by atoms with Crippen LogP contribution >= 0.6 is 11.3 Å². The number of nitrogens with zero attached hydrogens (tertiary/aromatic N) is 1.